The molecule has 1 fully saturated rings. The Balaban J connectivity index is 2.36. The van der Waals surface area contributed by atoms with Crippen molar-refractivity contribution in [2.45, 2.75) is 45.3 Å². The van der Waals surface area contributed by atoms with Crippen LogP contribution < -0.4 is 4.90 Å². The Labute approximate surface area is 140 Å². The molecule has 0 radical (unpaired) electrons. The van der Waals surface area contributed by atoms with Crippen LogP contribution >= 0.6 is 0 Å². The van der Waals surface area contributed by atoms with Gasteiger partial charge < -0.3 is 19.7 Å². The fourth-order valence-electron chi connectivity index (χ4n) is 2.57. The molecule has 0 aromatic heterocycles. The van der Waals surface area contributed by atoms with E-state index in [2.05, 4.69) is 0 Å². The lowest BCUT2D eigenvalue weighted by atomic mass is 10.1. The molecule has 0 saturated carbocycles. The Kier molecular flexibility index (Phi) is 5.33. The predicted octanol–water partition coefficient (Wildman–Crippen LogP) is 3.01. The van der Waals surface area contributed by atoms with Gasteiger partial charge >= 0.3 is 12.1 Å². The number of aromatic hydroxyl groups is 1. The van der Waals surface area contributed by atoms with E-state index in [0.29, 0.717) is 31.7 Å². The van der Waals surface area contributed by atoms with Gasteiger partial charge in [0.25, 0.3) is 0 Å². The monoisotopic (exact) mass is 337 g/mol. The highest BCUT2D eigenvalue weighted by Gasteiger charge is 2.31. The molecular formula is C17H23NO6. The van der Waals surface area contributed by atoms with Crippen LogP contribution in [-0.4, -0.2) is 47.1 Å². The number of carbonyl (C=O) groups is 2. The van der Waals surface area contributed by atoms with Crippen LogP contribution in [0.1, 0.15) is 44.0 Å². The maximum absolute atomic E-state index is 12.7. The summed E-state index contributed by atoms with van der Waals surface area (Å²) >= 11 is 0. The van der Waals surface area contributed by atoms with Crippen LogP contribution in [-0.2, 0) is 9.47 Å². The van der Waals surface area contributed by atoms with Crippen molar-refractivity contribution in [1.82, 2.24) is 0 Å². The summed E-state index contributed by atoms with van der Waals surface area (Å²) in [5.41, 5.74) is -0.475. The number of phenols is 1. The zero-order valence-electron chi connectivity index (χ0n) is 14.1. The summed E-state index contributed by atoms with van der Waals surface area (Å²) in [7, 11) is 0. The number of amides is 1. The molecule has 0 aliphatic carbocycles. The first-order valence-electron chi connectivity index (χ1n) is 7.85. The first-order chi connectivity index (χ1) is 11.2. The molecule has 2 N–H and O–H groups in total. The lowest BCUT2D eigenvalue weighted by Crippen LogP contribution is -2.46. The number of hydrogen-bond acceptors (Lipinski definition) is 5. The highest BCUT2D eigenvalue weighted by atomic mass is 16.6. The Hall–Kier alpha value is -2.28. The van der Waals surface area contributed by atoms with Gasteiger partial charge in [-0.15, -0.1) is 0 Å². The average Bonchev–Trinajstić information content (AvgIpc) is 2.46. The third kappa shape index (κ3) is 4.38. The van der Waals surface area contributed by atoms with E-state index in [0.717, 1.165) is 0 Å². The molecule has 24 heavy (non-hydrogen) atoms. The molecule has 7 heteroatoms. The summed E-state index contributed by atoms with van der Waals surface area (Å²) in [6.07, 6.45) is 0.748. The third-order valence-corrected chi connectivity index (χ3v) is 3.64. The minimum absolute atomic E-state index is 0.135. The molecule has 7 nitrogen and oxygen atoms in total. The van der Waals surface area contributed by atoms with Crippen molar-refractivity contribution in [1.29, 1.82) is 0 Å². The summed E-state index contributed by atoms with van der Waals surface area (Å²) in [5, 5.41) is 19.0. The molecule has 1 heterocycles. The predicted molar refractivity (Wildman–Crippen MR) is 87.6 cm³/mol. The number of carboxylic acids is 1. The number of ether oxygens (including phenoxy) is 2. The van der Waals surface area contributed by atoms with E-state index in [-0.39, 0.29) is 17.4 Å². The van der Waals surface area contributed by atoms with Crippen molar-refractivity contribution in [2.75, 3.05) is 18.1 Å². The van der Waals surface area contributed by atoms with Crippen LogP contribution in [0.3, 0.4) is 0 Å². The van der Waals surface area contributed by atoms with Gasteiger partial charge in [0.15, 0.2) is 0 Å². The van der Waals surface area contributed by atoms with Gasteiger partial charge in [-0.2, -0.15) is 0 Å². The summed E-state index contributed by atoms with van der Waals surface area (Å²) in [6.45, 7) is 6.39. The molecule has 1 saturated heterocycles. The van der Waals surface area contributed by atoms with E-state index in [4.69, 9.17) is 14.6 Å². The highest BCUT2D eigenvalue weighted by Crippen LogP contribution is 2.30. The van der Waals surface area contributed by atoms with Gasteiger partial charge in [-0.05, 0) is 45.7 Å². The molecular weight excluding hydrogens is 314 g/mol. The molecule has 132 valence electrons. The van der Waals surface area contributed by atoms with E-state index in [1.54, 1.807) is 20.8 Å². The van der Waals surface area contributed by atoms with Gasteiger partial charge in [0.05, 0.1) is 5.69 Å². The second-order valence-electron chi connectivity index (χ2n) is 6.70. The molecule has 1 aliphatic rings. The fourth-order valence-corrected chi connectivity index (χ4v) is 2.57. The SMILES string of the molecule is CC(C)(C)OC(=O)N(c1ccc(C(=O)O)c(O)c1)C1CCOCC1. The summed E-state index contributed by atoms with van der Waals surface area (Å²) in [5.74, 6) is -1.62. The normalized spacial score (nSPS) is 15.8. The topological polar surface area (TPSA) is 96.3 Å². The van der Waals surface area contributed by atoms with Crippen LogP contribution in [0, 0.1) is 0 Å². The molecule has 1 aliphatic heterocycles. The number of benzene rings is 1. The van der Waals surface area contributed by atoms with E-state index in [1.807, 2.05) is 0 Å². The highest BCUT2D eigenvalue weighted by molar-refractivity contribution is 5.94. The van der Waals surface area contributed by atoms with E-state index in [9.17, 15) is 14.7 Å². The number of carboxylic acid groups (broad SMARTS) is 1. The van der Waals surface area contributed by atoms with E-state index < -0.39 is 17.7 Å². The zero-order valence-corrected chi connectivity index (χ0v) is 14.1. The van der Waals surface area contributed by atoms with Crippen LogP contribution in [0.5, 0.6) is 5.75 Å². The molecule has 1 amide bonds. The molecule has 0 atom stereocenters. The maximum Gasteiger partial charge on any atom is 0.415 e. The summed E-state index contributed by atoms with van der Waals surface area (Å²) in [6, 6.07) is 3.93. The number of anilines is 1. The van der Waals surface area contributed by atoms with Crippen LogP contribution in [0.25, 0.3) is 0 Å². The van der Waals surface area contributed by atoms with E-state index >= 15 is 0 Å². The lowest BCUT2D eigenvalue weighted by Gasteiger charge is -2.35. The van der Waals surface area contributed by atoms with E-state index in [1.165, 1.54) is 23.1 Å². The van der Waals surface area contributed by atoms with Crippen molar-refractivity contribution in [3.63, 3.8) is 0 Å². The number of rotatable bonds is 3. The zero-order chi connectivity index (χ0) is 17.9. The maximum atomic E-state index is 12.7. The van der Waals surface area contributed by atoms with Crippen molar-refractivity contribution < 1.29 is 29.3 Å². The molecule has 0 spiro atoms. The number of aromatic carboxylic acids is 1. The molecule has 1 aromatic carbocycles. The Morgan fingerprint density at radius 1 is 1.25 bits per heavy atom. The Morgan fingerprint density at radius 2 is 1.88 bits per heavy atom. The number of hydrogen-bond donors (Lipinski definition) is 2. The quantitative estimate of drug-likeness (QED) is 0.880. The minimum Gasteiger partial charge on any atom is -0.507 e. The minimum atomic E-state index is -1.23. The third-order valence-electron chi connectivity index (χ3n) is 3.64. The molecule has 2 rings (SSSR count). The second kappa shape index (κ2) is 7.09. The summed E-state index contributed by atoms with van der Waals surface area (Å²) < 4.78 is 10.8. The van der Waals surface area contributed by atoms with Gasteiger partial charge in [-0.25, -0.2) is 9.59 Å². The summed E-state index contributed by atoms with van der Waals surface area (Å²) in [4.78, 5) is 25.2. The van der Waals surface area contributed by atoms with Crippen molar-refractivity contribution >= 4 is 17.7 Å². The first-order valence-corrected chi connectivity index (χ1v) is 7.85. The van der Waals surface area contributed by atoms with Gasteiger partial charge in [0.2, 0.25) is 0 Å². The van der Waals surface area contributed by atoms with Gasteiger partial charge in [0.1, 0.15) is 16.9 Å². The van der Waals surface area contributed by atoms with Crippen molar-refractivity contribution in [3.05, 3.63) is 23.8 Å². The largest absolute Gasteiger partial charge is 0.507 e. The fraction of sp³-hybridized carbons (Fsp3) is 0.529. The van der Waals surface area contributed by atoms with Gasteiger partial charge in [-0.1, -0.05) is 0 Å². The molecule has 1 aromatic rings. The van der Waals surface area contributed by atoms with Gasteiger partial charge in [-0.3, -0.25) is 4.90 Å². The number of carbonyl (C=O) groups excluding carboxylic acids is 1. The number of nitrogens with zero attached hydrogens (tertiary/aromatic N) is 1. The standard InChI is InChI=1S/C17H23NO6/c1-17(2,3)24-16(22)18(11-6-8-23-9-7-11)12-4-5-13(15(20)21)14(19)10-12/h4-5,10-11,19H,6-9H2,1-3H3,(H,20,21). The van der Waals surface area contributed by atoms with Crippen LogP contribution in [0.2, 0.25) is 0 Å². The molecule has 0 unspecified atom stereocenters. The van der Waals surface area contributed by atoms with Crippen molar-refractivity contribution in [2.24, 2.45) is 0 Å². The smallest absolute Gasteiger partial charge is 0.415 e. The first kappa shape index (κ1) is 18.1. The average molecular weight is 337 g/mol. The molecule has 0 bridgehead atoms. The van der Waals surface area contributed by atoms with Crippen molar-refractivity contribution in [3.8, 4) is 5.75 Å². The Morgan fingerprint density at radius 3 is 2.38 bits per heavy atom. The van der Waals surface area contributed by atoms with Gasteiger partial charge in [0, 0.05) is 25.3 Å². The Bertz CT molecular complexity index is 616. The second-order valence-corrected chi connectivity index (χ2v) is 6.70. The van der Waals surface area contributed by atoms with Crippen LogP contribution in [0.4, 0.5) is 10.5 Å². The lowest BCUT2D eigenvalue weighted by molar-refractivity contribution is 0.0486. The van der Waals surface area contributed by atoms with Crippen LogP contribution in [0.15, 0.2) is 18.2 Å².